The molecule has 2 aliphatic rings. The third-order valence-corrected chi connectivity index (χ3v) is 5.16. The molecule has 2 saturated heterocycles. The number of amides is 1. The van der Waals surface area contributed by atoms with Gasteiger partial charge in [0, 0.05) is 24.7 Å². The van der Waals surface area contributed by atoms with Gasteiger partial charge in [0.25, 0.3) is 5.91 Å². The smallest absolute Gasteiger partial charge is 0.257 e. The van der Waals surface area contributed by atoms with Crippen molar-refractivity contribution in [1.29, 1.82) is 0 Å². The number of aromatic nitrogens is 1. The minimum absolute atomic E-state index is 0.0114. The Balaban J connectivity index is 1.43. The van der Waals surface area contributed by atoms with E-state index < -0.39 is 0 Å². The molecule has 0 spiro atoms. The molecule has 138 valence electrons. The average molecular weight is 359 g/mol. The molecule has 0 saturated carbocycles. The molecule has 0 bridgehead atoms. The largest absolute Gasteiger partial charge is 0.373 e. The van der Waals surface area contributed by atoms with E-state index in [1.807, 2.05) is 0 Å². The maximum atomic E-state index is 13.1. The van der Waals surface area contributed by atoms with Crippen LogP contribution in [0.5, 0.6) is 0 Å². The summed E-state index contributed by atoms with van der Waals surface area (Å²) >= 11 is 0. The van der Waals surface area contributed by atoms with Crippen LogP contribution < -0.4 is 5.32 Å². The Morgan fingerprint density at radius 3 is 3.00 bits per heavy atom. The van der Waals surface area contributed by atoms with E-state index in [0.29, 0.717) is 35.2 Å². The van der Waals surface area contributed by atoms with E-state index in [-0.39, 0.29) is 17.8 Å². The predicted molar refractivity (Wildman–Crippen MR) is 93.3 cm³/mol. The Hall–Kier alpha value is -2.25. The zero-order valence-corrected chi connectivity index (χ0v) is 14.7. The van der Waals surface area contributed by atoms with E-state index in [0.717, 1.165) is 19.7 Å². The van der Waals surface area contributed by atoms with Crippen molar-refractivity contribution in [1.82, 2.24) is 15.4 Å². The van der Waals surface area contributed by atoms with Gasteiger partial charge in [-0.25, -0.2) is 4.39 Å². The van der Waals surface area contributed by atoms with Crippen LogP contribution in [-0.4, -0.2) is 54.4 Å². The number of hydrogen-bond donors (Lipinski definition) is 1. The summed E-state index contributed by atoms with van der Waals surface area (Å²) in [7, 11) is 0. The summed E-state index contributed by atoms with van der Waals surface area (Å²) in [4.78, 5) is 15.1. The maximum Gasteiger partial charge on any atom is 0.257 e. The summed E-state index contributed by atoms with van der Waals surface area (Å²) in [5, 5.41) is 6.91. The molecule has 7 heteroatoms. The molecule has 2 atom stereocenters. The molecule has 4 rings (SSSR count). The number of aryl methyl sites for hydroxylation is 1. The van der Waals surface area contributed by atoms with Crippen molar-refractivity contribution in [2.45, 2.75) is 31.9 Å². The molecule has 1 amide bonds. The Kier molecular flexibility index (Phi) is 4.74. The van der Waals surface area contributed by atoms with Crippen molar-refractivity contribution in [3.8, 4) is 11.3 Å². The molecular formula is C19H22FN3O3. The standard InChI is InChI=1S/C19H22FN3O3/c1-12-17(18(22-26-12)13-4-6-14(20)7-5-13)19(24)21-9-16-10-23-8-2-3-15(23)11-25-16/h4-7,15-16H,2-3,8-11H2,1H3,(H,21,24)/t15-,16-/m1/s1. The first-order valence-electron chi connectivity index (χ1n) is 8.98. The summed E-state index contributed by atoms with van der Waals surface area (Å²) in [6.07, 6.45) is 2.40. The van der Waals surface area contributed by atoms with Gasteiger partial charge in [0.15, 0.2) is 0 Å². The highest BCUT2D eigenvalue weighted by Crippen LogP contribution is 2.26. The van der Waals surface area contributed by atoms with Crippen molar-refractivity contribution in [2.24, 2.45) is 0 Å². The van der Waals surface area contributed by atoms with Gasteiger partial charge in [-0.2, -0.15) is 0 Å². The summed E-state index contributed by atoms with van der Waals surface area (Å²) < 4.78 is 24.2. The van der Waals surface area contributed by atoms with Gasteiger partial charge in [0.1, 0.15) is 22.8 Å². The minimum Gasteiger partial charge on any atom is -0.373 e. The number of ether oxygens (including phenoxy) is 1. The normalized spacial score (nSPS) is 23.0. The number of hydrogen-bond acceptors (Lipinski definition) is 5. The van der Waals surface area contributed by atoms with Gasteiger partial charge in [-0.3, -0.25) is 9.69 Å². The van der Waals surface area contributed by atoms with Crippen LogP contribution in [0.4, 0.5) is 4.39 Å². The Bertz CT molecular complexity index is 790. The van der Waals surface area contributed by atoms with Crippen molar-refractivity contribution in [3.05, 3.63) is 41.4 Å². The number of carbonyl (C=O) groups is 1. The zero-order chi connectivity index (χ0) is 18.1. The fraction of sp³-hybridized carbons (Fsp3) is 0.474. The number of rotatable bonds is 4. The lowest BCUT2D eigenvalue weighted by atomic mass is 10.1. The van der Waals surface area contributed by atoms with Crippen molar-refractivity contribution < 1.29 is 18.4 Å². The third kappa shape index (κ3) is 3.37. The van der Waals surface area contributed by atoms with Crippen LogP contribution in [0.1, 0.15) is 29.0 Å². The minimum atomic E-state index is -0.338. The van der Waals surface area contributed by atoms with E-state index >= 15 is 0 Å². The summed E-state index contributed by atoms with van der Waals surface area (Å²) in [5.74, 6) is -0.157. The molecular weight excluding hydrogens is 337 g/mol. The van der Waals surface area contributed by atoms with Gasteiger partial charge >= 0.3 is 0 Å². The molecule has 6 nitrogen and oxygen atoms in total. The maximum absolute atomic E-state index is 13.1. The lowest BCUT2D eigenvalue weighted by Crippen LogP contribution is -2.50. The number of morpholine rings is 1. The molecule has 2 aromatic rings. The molecule has 1 aromatic heterocycles. The van der Waals surface area contributed by atoms with Crippen LogP contribution in [-0.2, 0) is 4.74 Å². The third-order valence-electron chi connectivity index (χ3n) is 5.16. The highest BCUT2D eigenvalue weighted by Gasteiger charge is 2.32. The van der Waals surface area contributed by atoms with Gasteiger partial charge in [-0.05, 0) is 50.6 Å². The first-order valence-corrected chi connectivity index (χ1v) is 8.98. The topological polar surface area (TPSA) is 67.6 Å². The summed E-state index contributed by atoms with van der Waals surface area (Å²) in [5.41, 5.74) is 1.44. The Morgan fingerprint density at radius 2 is 2.19 bits per heavy atom. The number of halogens is 1. The molecule has 2 fully saturated rings. The van der Waals surface area contributed by atoms with E-state index in [4.69, 9.17) is 9.26 Å². The lowest BCUT2D eigenvalue weighted by Gasteiger charge is -2.35. The molecule has 26 heavy (non-hydrogen) atoms. The SMILES string of the molecule is Cc1onc(-c2ccc(F)cc2)c1C(=O)NC[C@@H]1CN2CCC[C@@H]2CO1. The van der Waals surface area contributed by atoms with Gasteiger partial charge in [0.2, 0.25) is 0 Å². The van der Waals surface area contributed by atoms with Gasteiger partial charge in [0.05, 0.1) is 12.7 Å². The number of nitrogens with zero attached hydrogens (tertiary/aromatic N) is 2. The Labute approximate surface area is 151 Å². The highest BCUT2D eigenvalue weighted by molar-refractivity contribution is 6.00. The zero-order valence-electron chi connectivity index (χ0n) is 14.7. The fourth-order valence-corrected chi connectivity index (χ4v) is 3.75. The van der Waals surface area contributed by atoms with Crippen LogP contribution in [0.3, 0.4) is 0 Å². The van der Waals surface area contributed by atoms with Gasteiger partial charge < -0.3 is 14.6 Å². The second-order valence-corrected chi connectivity index (χ2v) is 6.93. The molecule has 0 unspecified atom stereocenters. The number of fused-ring (bicyclic) bond motifs is 1. The first-order chi connectivity index (χ1) is 12.6. The van der Waals surface area contributed by atoms with Crippen LogP contribution in [0, 0.1) is 12.7 Å². The van der Waals surface area contributed by atoms with Crippen molar-refractivity contribution in [2.75, 3.05) is 26.2 Å². The van der Waals surface area contributed by atoms with E-state index in [2.05, 4.69) is 15.4 Å². The van der Waals surface area contributed by atoms with Gasteiger partial charge in [-0.1, -0.05) is 5.16 Å². The van der Waals surface area contributed by atoms with E-state index in [1.54, 1.807) is 19.1 Å². The van der Waals surface area contributed by atoms with Crippen LogP contribution in [0.15, 0.2) is 28.8 Å². The van der Waals surface area contributed by atoms with E-state index in [9.17, 15) is 9.18 Å². The van der Waals surface area contributed by atoms with Gasteiger partial charge in [-0.15, -0.1) is 0 Å². The molecule has 2 aliphatic heterocycles. The monoisotopic (exact) mass is 359 g/mol. The fourth-order valence-electron chi connectivity index (χ4n) is 3.75. The second-order valence-electron chi connectivity index (χ2n) is 6.93. The molecule has 0 radical (unpaired) electrons. The van der Waals surface area contributed by atoms with Crippen molar-refractivity contribution in [3.63, 3.8) is 0 Å². The summed E-state index contributed by atoms with van der Waals surface area (Å²) in [6, 6.07) is 6.38. The number of benzene rings is 1. The van der Waals surface area contributed by atoms with Crippen LogP contribution in [0.25, 0.3) is 11.3 Å². The predicted octanol–water partition coefficient (Wildman–Crippen LogP) is 2.38. The van der Waals surface area contributed by atoms with Crippen LogP contribution in [0.2, 0.25) is 0 Å². The molecule has 3 heterocycles. The quantitative estimate of drug-likeness (QED) is 0.908. The summed E-state index contributed by atoms with van der Waals surface area (Å²) in [6.45, 7) is 4.82. The molecule has 1 N–H and O–H groups in total. The Morgan fingerprint density at radius 1 is 1.38 bits per heavy atom. The van der Waals surface area contributed by atoms with Crippen LogP contribution >= 0.6 is 0 Å². The first kappa shape index (κ1) is 17.2. The molecule has 1 aromatic carbocycles. The van der Waals surface area contributed by atoms with Crippen molar-refractivity contribution >= 4 is 5.91 Å². The number of carbonyl (C=O) groups excluding carboxylic acids is 1. The number of nitrogens with one attached hydrogen (secondary N) is 1. The lowest BCUT2D eigenvalue weighted by molar-refractivity contribution is -0.0461. The highest BCUT2D eigenvalue weighted by atomic mass is 19.1. The van der Waals surface area contributed by atoms with E-state index in [1.165, 1.54) is 25.0 Å². The average Bonchev–Trinajstić information content (AvgIpc) is 3.26. The second kappa shape index (κ2) is 7.17. The molecule has 0 aliphatic carbocycles.